The monoisotopic (exact) mass is 1640 g/mol. The number of allylic oxidation sites excluding steroid dienone is 1. The Morgan fingerprint density at radius 1 is 0.752 bits per heavy atom. The van der Waals surface area contributed by atoms with E-state index in [1.54, 1.807) is 45.1 Å². The van der Waals surface area contributed by atoms with Crippen molar-refractivity contribution >= 4 is 93.5 Å². The van der Waals surface area contributed by atoms with Crippen LogP contribution in [0.1, 0.15) is 155 Å². The van der Waals surface area contributed by atoms with Gasteiger partial charge in [-0.25, -0.2) is 0 Å². The molecular formula is C79H114F3IN12O14. The summed E-state index contributed by atoms with van der Waals surface area (Å²) in [5.74, 6) is -9.89. The number of aryl methyl sites for hydroxylation is 1. The number of nitrogens with one attached hydrogen (secondary N) is 3. The SMILES string of the molecule is C=CCCC[C@H]1C(=O)N[C@H]([C@@H](C)CC)C(=O)N(C)CC(=O)N(C)[C@H]2C/C=C\CCN(C2=O)[C@@H](Cc2ccc(I)cc2)C(=O)N(C)CC(=O)N[C@@H](CCc2ccc(C(F)(F)F)c(OC)c2)C(=O)N2C[C@H](OCC)C[C@H]2C(=O)NC2(CC(C)(C)C2)C(=O)N(C)[C@@H](C2CCCC2)C(=O)N(C)[C@H](C(=O)N(C)CC)CC(=O)N1C. The number of methoxy groups -OCH3 is 1. The number of alkyl halides is 3. The smallest absolute Gasteiger partial charge is 0.419 e. The van der Waals surface area contributed by atoms with E-state index in [2.05, 4.69) is 45.1 Å². The van der Waals surface area contributed by atoms with E-state index in [1.807, 2.05) is 39.0 Å². The minimum atomic E-state index is -4.79. The van der Waals surface area contributed by atoms with Crippen molar-refractivity contribution in [2.24, 2.45) is 17.3 Å². The maximum Gasteiger partial charge on any atom is 0.419 e. The average Bonchev–Trinajstić information content (AvgIpc) is 1.38. The minimum absolute atomic E-state index is 0.00518. The summed E-state index contributed by atoms with van der Waals surface area (Å²) in [6, 6.07) is -0.167. The molecule has 10 atom stereocenters. The van der Waals surface area contributed by atoms with Crippen LogP contribution in [0.5, 0.6) is 5.75 Å². The molecule has 0 radical (unpaired) electrons. The highest BCUT2D eigenvalue weighted by Crippen LogP contribution is 2.50. The van der Waals surface area contributed by atoms with Gasteiger partial charge in [0.25, 0.3) is 0 Å². The first-order valence-corrected chi connectivity index (χ1v) is 39.1. The van der Waals surface area contributed by atoms with Crippen molar-refractivity contribution < 1.29 is 80.2 Å². The second-order valence-corrected chi connectivity index (χ2v) is 32.2. The fraction of sp³-hybridized carbons (Fsp3) is 0.646. The van der Waals surface area contributed by atoms with Crippen molar-refractivity contribution in [2.75, 3.05) is 95.8 Å². The van der Waals surface area contributed by atoms with E-state index in [-0.39, 0.29) is 89.6 Å². The number of likely N-dealkylation sites (N-methyl/N-ethyl adjacent to an activating group) is 7. The van der Waals surface area contributed by atoms with Gasteiger partial charge in [0.15, 0.2) is 0 Å². The molecule has 7 rings (SSSR count). The second-order valence-electron chi connectivity index (χ2n) is 30.9. The van der Waals surface area contributed by atoms with Crippen LogP contribution in [0.15, 0.2) is 67.3 Å². The van der Waals surface area contributed by atoms with E-state index in [9.17, 15) is 32.3 Å². The molecule has 12 amide bonds. The number of ether oxygens (including phenoxy) is 2. The van der Waals surface area contributed by atoms with E-state index in [4.69, 9.17) is 9.47 Å². The molecule has 5 aliphatic rings. The highest BCUT2D eigenvalue weighted by molar-refractivity contribution is 14.1. The summed E-state index contributed by atoms with van der Waals surface area (Å²) in [4.78, 5) is 194. The molecule has 3 N–H and O–H groups in total. The van der Waals surface area contributed by atoms with Crippen LogP contribution in [0.3, 0.4) is 0 Å². The zero-order valence-electron chi connectivity index (χ0n) is 65.8. The van der Waals surface area contributed by atoms with Gasteiger partial charge in [0.1, 0.15) is 59.6 Å². The number of amides is 12. The van der Waals surface area contributed by atoms with Crippen LogP contribution in [0.25, 0.3) is 0 Å². The van der Waals surface area contributed by atoms with E-state index in [0.717, 1.165) is 26.5 Å². The number of halogens is 4. The van der Waals surface area contributed by atoms with Crippen LogP contribution >= 0.6 is 22.6 Å². The first kappa shape index (κ1) is 88.1. The van der Waals surface area contributed by atoms with Gasteiger partial charge in [-0.15, -0.1) is 6.58 Å². The molecule has 2 aromatic rings. The Kier molecular flexibility index (Phi) is 31.2. The second kappa shape index (κ2) is 38.7. The third-order valence-corrected chi connectivity index (χ3v) is 23.2. The molecule has 2 bridgehead atoms. The first-order valence-electron chi connectivity index (χ1n) is 38.1. The molecule has 1 spiro atoms. The van der Waals surface area contributed by atoms with E-state index in [1.165, 1.54) is 95.8 Å². The highest BCUT2D eigenvalue weighted by atomic mass is 127. The number of benzene rings is 2. The van der Waals surface area contributed by atoms with E-state index >= 15 is 38.4 Å². The van der Waals surface area contributed by atoms with Gasteiger partial charge in [0.05, 0.1) is 38.3 Å². The largest absolute Gasteiger partial charge is 0.496 e. The number of carbonyl (C=O) groups excluding carboxylic acids is 12. The Bertz CT molecular complexity index is 3660. The molecule has 0 unspecified atom stereocenters. The number of carbonyl (C=O) groups is 12. The normalized spacial score (nSPS) is 26.1. The summed E-state index contributed by atoms with van der Waals surface area (Å²) < 4.78 is 54.8. The van der Waals surface area contributed by atoms with Crippen molar-refractivity contribution in [2.45, 2.75) is 217 Å². The summed E-state index contributed by atoms with van der Waals surface area (Å²) in [6.45, 7) is 13.5. The Morgan fingerprint density at radius 2 is 1.40 bits per heavy atom. The number of fused-ring (bicyclic) bond motifs is 3. The zero-order valence-corrected chi connectivity index (χ0v) is 68.0. The van der Waals surface area contributed by atoms with Gasteiger partial charge < -0.3 is 69.5 Å². The third-order valence-electron chi connectivity index (χ3n) is 22.5. The Labute approximate surface area is 653 Å². The van der Waals surface area contributed by atoms with Crippen LogP contribution in [0.2, 0.25) is 0 Å². The fourth-order valence-electron chi connectivity index (χ4n) is 16.0. The van der Waals surface area contributed by atoms with Crippen LogP contribution in [-0.4, -0.2) is 271 Å². The Morgan fingerprint density at radius 3 is 2.01 bits per heavy atom. The molecule has 3 aliphatic heterocycles. The lowest BCUT2D eigenvalue weighted by Crippen LogP contribution is -2.71. The third kappa shape index (κ3) is 21.7. The van der Waals surface area contributed by atoms with Gasteiger partial charge in [0, 0.05) is 92.0 Å². The highest BCUT2D eigenvalue weighted by Gasteiger charge is 2.59. The molecule has 109 heavy (non-hydrogen) atoms. The van der Waals surface area contributed by atoms with Crippen LogP contribution in [0.4, 0.5) is 13.2 Å². The summed E-state index contributed by atoms with van der Waals surface area (Å²) in [6.07, 6.45) is 2.63. The van der Waals surface area contributed by atoms with E-state index < -0.39 is 185 Å². The van der Waals surface area contributed by atoms with Gasteiger partial charge in [-0.1, -0.05) is 83.4 Å². The molecule has 2 aliphatic carbocycles. The van der Waals surface area contributed by atoms with Gasteiger partial charge in [0.2, 0.25) is 70.9 Å². The van der Waals surface area contributed by atoms with Crippen molar-refractivity contribution in [1.29, 1.82) is 0 Å². The standard InChI is InChI=1S/C79H114F3IN12O14/c1-16-20-22-29-57-68(99)85-66(49(5)17-2)74(105)89(10)46-65(98)91(12)58-30-23-21-26-39-94(73(58)104)61(40-50-31-35-53(83)36-32-50)72(103)88(9)45-63(96)84-56(38-34-51-33-37-55(79(80,81)82)62(41-51)108-15)70(101)95-44-54(109-19-4)42-59(95)69(100)86-78(47-77(6,7)48-78)76(107)93(14)67(52-27-24-25-28-52)75(106)92(13)60(43-64(97)90(57)11)71(102)87(8)18-3/h16,21,23,31-33,35-37,41,49,52,54,56-61,66-67H,1,17-20,22,24-30,34,38-40,42-48H2,2-15H3,(H,84,96)(H,85,99)(H,86,100)/b23-21-/t49-,54+,56-,57-,58-,59-,60-,61-,66+,67-/m0/s1. The predicted octanol–water partition coefficient (Wildman–Crippen LogP) is 6.39. The van der Waals surface area contributed by atoms with Gasteiger partial charge in [-0.3, -0.25) is 57.5 Å². The van der Waals surface area contributed by atoms with Gasteiger partial charge in [-0.05, 0) is 160 Å². The van der Waals surface area contributed by atoms with Crippen LogP contribution in [0, 0.1) is 20.8 Å². The number of hydrogen-bond donors (Lipinski definition) is 3. The quantitative estimate of drug-likeness (QED) is 0.0879. The molecule has 26 nitrogen and oxygen atoms in total. The van der Waals surface area contributed by atoms with Crippen molar-refractivity contribution in [3.05, 3.63) is 87.5 Å². The maximum absolute atomic E-state index is 15.9. The van der Waals surface area contributed by atoms with E-state index in [0.29, 0.717) is 50.5 Å². The average molecular weight is 1640 g/mol. The zero-order chi connectivity index (χ0) is 80.7. The lowest BCUT2D eigenvalue weighted by molar-refractivity contribution is -0.161. The predicted molar refractivity (Wildman–Crippen MR) is 411 cm³/mol. The topological polar surface area (TPSA) is 289 Å². The van der Waals surface area contributed by atoms with Crippen molar-refractivity contribution in [3.63, 3.8) is 0 Å². The lowest BCUT2D eigenvalue weighted by Gasteiger charge is -2.54. The lowest BCUT2D eigenvalue weighted by atomic mass is 9.58. The fourth-order valence-corrected chi connectivity index (χ4v) is 16.4. The Hall–Kier alpha value is -8.16. The van der Waals surface area contributed by atoms with Gasteiger partial charge >= 0.3 is 6.18 Å². The van der Waals surface area contributed by atoms with Crippen LogP contribution < -0.4 is 20.7 Å². The molecule has 3 heterocycles. The number of unbranched alkanes of at least 4 members (excludes halogenated alkanes) is 1. The van der Waals surface area contributed by atoms with Crippen LogP contribution in [-0.2, 0) is 81.3 Å². The molecule has 2 saturated carbocycles. The minimum Gasteiger partial charge on any atom is -0.496 e. The molecule has 0 aromatic heterocycles. The number of hydrogen-bond acceptors (Lipinski definition) is 14. The summed E-state index contributed by atoms with van der Waals surface area (Å²) in [7, 11) is 11.1. The van der Waals surface area contributed by atoms with Crippen molar-refractivity contribution in [3.8, 4) is 5.75 Å². The Balaban J connectivity index is 1.36. The molecule has 30 heteroatoms. The summed E-state index contributed by atoms with van der Waals surface area (Å²) in [5, 5.41) is 8.78. The van der Waals surface area contributed by atoms with Crippen molar-refractivity contribution in [1.82, 2.24) is 60.0 Å². The van der Waals surface area contributed by atoms with Gasteiger partial charge in [-0.2, -0.15) is 13.2 Å². The maximum atomic E-state index is 15.9. The molecule has 4 fully saturated rings. The summed E-state index contributed by atoms with van der Waals surface area (Å²) in [5.41, 5.74) is -2.36. The molecule has 602 valence electrons. The number of rotatable bonds is 17. The first-order chi connectivity index (χ1) is 51.4. The summed E-state index contributed by atoms with van der Waals surface area (Å²) >= 11 is 2.14. The molecular weight excluding hydrogens is 1520 g/mol. The number of nitrogens with zero attached hydrogens (tertiary/aromatic N) is 9. The molecule has 2 aromatic carbocycles. The molecule has 2 saturated heterocycles.